The van der Waals surface area contributed by atoms with Crippen molar-refractivity contribution in [1.82, 2.24) is 25.3 Å². The average molecular weight is 352 g/mol. The zero-order valence-electron chi connectivity index (χ0n) is 14.6. The van der Waals surface area contributed by atoms with E-state index < -0.39 is 6.09 Å². The number of aryl methyl sites for hydroxylation is 1. The number of pyridine rings is 1. The molecule has 8 nitrogen and oxygen atoms in total. The SMILES string of the molecule is CNc1ncc(C)c(-c2c[nH]c(OC(=O)NCCc3cccnc3)c2)n1. The molecule has 0 aromatic carbocycles. The molecule has 3 aromatic rings. The first-order valence-corrected chi connectivity index (χ1v) is 8.20. The predicted octanol–water partition coefficient (Wildman–Crippen LogP) is 2.55. The van der Waals surface area contributed by atoms with Crippen LogP contribution in [0.5, 0.6) is 5.88 Å². The molecule has 3 heterocycles. The van der Waals surface area contributed by atoms with Crippen molar-refractivity contribution < 1.29 is 9.53 Å². The Morgan fingerprint density at radius 1 is 1.35 bits per heavy atom. The van der Waals surface area contributed by atoms with Gasteiger partial charge in [0, 0.05) is 50.0 Å². The quantitative estimate of drug-likeness (QED) is 0.630. The lowest BCUT2D eigenvalue weighted by Gasteiger charge is -2.05. The summed E-state index contributed by atoms with van der Waals surface area (Å²) in [7, 11) is 1.76. The Morgan fingerprint density at radius 2 is 2.23 bits per heavy atom. The third kappa shape index (κ3) is 4.35. The van der Waals surface area contributed by atoms with Crippen LogP contribution in [0.15, 0.2) is 43.0 Å². The molecule has 0 aliphatic carbocycles. The number of aromatic amines is 1. The molecule has 1 amide bonds. The van der Waals surface area contributed by atoms with E-state index in [1.165, 1.54) is 0 Å². The Bertz CT molecular complexity index is 878. The van der Waals surface area contributed by atoms with Crippen LogP contribution >= 0.6 is 0 Å². The van der Waals surface area contributed by atoms with Gasteiger partial charge in [0.05, 0.1) is 5.69 Å². The molecule has 0 unspecified atom stereocenters. The summed E-state index contributed by atoms with van der Waals surface area (Å²) in [5, 5.41) is 5.62. The van der Waals surface area contributed by atoms with Crippen molar-refractivity contribution >= 4 is 12.0 Å². The number of anilines is 1. The number of aromatic nitrogens is 4. The van der Waals surface area contributed by atoms with Crippen molar-refractivity contribution in [2.45, 2.75) is 13.3 Å². The average Bonchev–Trinajstić information content (AvgIpc) is 3.11. The number of hydrogen-bond acceptors (Lipinski definition) is 6. The first-order valence-electron chi connectivity index (χ1n) is 8.20. The number of ether oxygens (including phenoxy) is 1. The second-order valence-electron chi connectivity index (χ2n) is 5.66. The number of rotatable bonds is 6. The van der Waals surface area contributed by atoms with Crippen LogP contribution in [-0.4, -0.2) is 39.6 Å². The molecular formula is C18H20N6O2. The first kappa shape index (κ1) is 17.4. The highest BCUT2D eigenvalue weighted by molar-refractivity contribution is 5.71. The Morgan fingerprint density at radius 3 is 3.00 bits per heavy atom. The number of carbonyl (C=O) groups is 1. The lowest BCUT2D eigenvalue weighted by molar-refractivity contribution is 0.199. The van der Waals surface area contributed by atoms with E-state index in [1.807, 2.05) is 19.1 Å². The third-order valence-corrected chi connectivity index (χ3v) is 3.73. The molecule has 0 bridgehead atoms. The van der Waals surface area contributed by atoms with Crippen molar-refractivity contribution in [2.24, 2.45) is 0 Å². The first-order chi connectivity index (χ1) is 12.7. The van der Waals surface area contributed by atoms with E-state index in [2.05, 4.69) is 30.6 Å². The minimum Gasteiger partial charge on any atom is -0.393 e. The number of carbonyl (C=O) groups excluding carboxylic acids is 1. The monoisotopic (exact) mass is 352 g/mol. The van der Waals surface area contributed by atoms with Gasteiger partial charge in [-0.2, -0.15) is 0 Å². The van der Waals surface area contributed by atoms with Crippen molar-refractivity contribution in [3.05, 3.63) is 54.1 Å². The minimum atomic E-state index is -0.516. The molecule has 3 rings (SSSR count). The maximum Gasteiger partial charge on any atom is 0.413 e. The normalized spacial score (nSPS) is 10.4. The molecule has 3 N–H and O–H groups in total. The van der Waals surface area contributed by atoms with Gasteiger partial charge in [-0.1, -0.05) is 6.07 Å². The highest BCUT2D eigenvalue weighted by Crippen LogP contribution is 2.25. The zero-order valence-corrected chi connectivity index (χ0v) is 14.6. The number of hydrogen-bond donors (Lipinski definition) is 3. The predicted molar refractivity (Wildman–Crippen MR) is 98.1 cm³/mol. The van der Waals surface area contributed by atoms with Crippen LogP contribution in [-0.2, 0) is 6.42 Å². The van der Waals surface area contributed by atoms with E-state index in [9.17, 15) is 4.79 Å². The van der Waals surface area contributed by atoms with Crippen molar-refractivity contribution in [3.8, 4) is 17.1 Å². The lowest BCUT2D eigenvalue weighted by Crippen LogP contribution is -2.28. The Hall–Kier alpha value is -3.42. The van der Waals surface area contributed by atoms with Crippen LogP contribution in [0.4, 0.5) is 10.7 Å². The standard InChI is InChI=1S/C18H20N6O2/c1-12-9-23-17(19-2)24-16(12)14-8-15(22-11-14)26-18(25)21-7-5-13-4-3-6-20-10-13/h3-4,6,8-11,22H,5,7H2,1-2H3,(H,21,25)(H,19,23,24). The van der Waals surface area contributed by atoms with Gasteiger partial charge in [-0.25, -0.2) is 14.8 Å². The topological polar surface area (TPSA) is 105 Å². The largest absolute Gasteiger partial charge is 0.413 e. The van der Waals surface area contributed by atoms with Crippen molar-refractivity contribution in [2.75, 3.05) is 18.9 Å². The number of nitrogens with zero attached hydrogens (tertiary/aromatic N) is 3. The summed E-state index contributed by atoms with van der Waals surface area (Å²) in [6.07, 6.45) is 7.14. The van der Waals surface area contributed by atoms with Gasteiger partial charge < -0.3 is 20.4 Å². The minimum absolute atomic E-state index is 0.350. The lowest BCUT2D eigenvalue weighted by atomic mass is 10.1. The van der Waals surface area contributed by atoms with E-state index in [0.29, 0.717) is 24.8 Å². The fraction of sp³-hybridized carbons (Fsp3) is 0.222. The second-order valence-corrected chi connectivity index (χ2v) is 5.66. The molecule has 0 saturated heterocycles. The highest BCUT2D eigenvalue weighted by atomic mass is 16.6. The summed E-state index contributed by atoms with van der Waals surface area (Å²) in [6, 6.07) is 5.55. The van der Waals surface area contributed by atoms with Gasteiger partial charge in [0.1, 0.15) is 0 Å². The molecule has 26 heavy (non-hydrogen) atoms. The van der Waals surface area contributed by atoms with Crippen molar-refractivity contribution in [1.29, 1.82) is 0 Å². The fourth-order valence-corrected chi connectivity index (χ4v) is 2.41. The fourth-order valence-electron chi connectivity index (χ4n) is 2.41. The highest BCUT2D eigenvalue weighted by Gasteiger charge is 2.11. The van der Waals surface area contributed by atoms with E-state index in [4.69, 9.17) is 4.74 Å². The number of nitrogens with one attached hydrogen (secondary N) is 3. The molecule has 0 spiro atoms. The molecular weight excluding hydrogens is 332 g/mol. The molecule has 0 atom stereocenters. The Balaban J connectivity index is 1.57. The molecule has 0 saturated carbocycles. The van der Waals surface area contributed by atoms with Crippen LogP contribution in [0.25, 0.3) is 11.3 Å². The van der Waals surface area contributed by atoms with Crippen molar-refractivity contribution in [3.63, 3.8) is 0 Å². The molecule has 8 heteroatoms. The molecule has 0 radical (unpaired) electrons. The third-order valence-electron chi connectivity index (χ3n) is 3.73. The molecule has 0 fully saturated rings. The van der Waals surface area contributed by atoms with Crippen LogP contribution in [0.3, 0.4) is 0 Å². The van der Waals surface area contributed by atoms with E-state index in [1.54, 1.807) is 37.9 Å². The van der Waals surface area contributed by atoms with Gasteiger partial charge in [-0.05, 0) is 30.5 Å². The van der Waals surface area contributed by atoms with Gasteiger partial charge in [0.15, 0.2) is 0 Å². The maximum atomic E-state index is 11.9. The molecule has 3 aromatic heterocycles. The van der Waals surface area contributed by atoms with E-state index in [0.717, 1.165) is 22.4 Å². The summed E-state index contributed by atoms with van der Waals surface area (Å²) >= 11 is 0. The van der Waals surface area contributed by atoms with Gasteiger partial charge in [-0.3, -0.25) is 4.98 Å². The van der Waals surface area contributed by atoms with Gasteiger partial charge in [0.25, 0.3) is 0 Å². The smallest absolute Gasteiger partial charge is 0.393 e. The van der Waals surface area contributed by atoms with Gasteiger partial charge >= 0.3 is 6.09 Å². The molecule has 0 aliphatic heterocycles. The summed E-state index contributed by atoms with van der Waals surface area (Å²) in [5.74, 6) is 0.880. The van der Waals surface area contributed by atoms with Gasteiger partial charge in [0.2, 0.25) is 11.8 Å². The summed E-state index contributed by atoms with van der Waals surface area (Å²) in [6.45, 7) is 2.39. The zero-order chi connectivity index (χ0) is 18.4. The Kier molecular flexibility index (Phi) is 5.43. The van der Waals surface area contributed by atoms with Crippen LogP contribution in [0.1, 0.15) is 11.1 Å². The summed E-state index contributed by atoms with van der Waals surface area (Å²) in [5.41, 5.74) is 3.57. The second kappa shape index (κ2) is 8.11. The van der Waals surface area contributed by atoms with Crippen LogP contribution in [0.2, 0.25) is 0 Å². The van der Waals surface area contributed by atoms with Crippen LogP contribution < -0.4 is 15.4 Å². The van der Waals surface area contributed by atoms with E-state index in [-0.39, 0.29) is 0 Å². The molecule has 0 aliphatic rings. The number of H-pyrrole nitrogens is 1. The van der Waals surface area contributed by atoms with Gasteiger partial charge in [-0.15, -0.1) is 0 Å². The van der Waals surface area contributed by atoms with Crippen LogP contribution in [0, 0.1) is 6.92 Å². The molecule has 134 valence electrons. The van der Waals surface area contributed by atoms with E-state index >= 15 is 0 Å². The summed E-state index contributed by atoms with van der Waals surface area (Å²) in [4.78, 5) is 27.5. The maximum absolute atomic E-state index is 11.9. The number of amides is 1. The Labute approximate surface area is 151 Å². The summed E-state index contributed by atoms with van der Waals surface area (Å²) < 4.78 is 5.27.